The first-order valence-electron chi connectivity index (χ1n) is 10.1. The topological polar surface area (TPSA) is 126 Å². The first-order valence-corrected chi connectivity index (χ1v) is 11.9. The maximum atomic E-state index is 12.9. The van der Waals surface area contributed by atoms with Gasteiger partial charge in [0.2, 0.25) is 0 Å². The Morgan fingerprint density at radius 2 is 2.00 bits per heavy atom. The van der Waals surface area contributed by atoms with Gasteiger partial charge in [-0.2, -0.15) is 0 Å². The normalized spacial score (nSPS) is 17.7. The van der Waals surface area contributed by atoms with Crippen LogP contribution >= 0.6 is 27.7 Å². The summed E-state index contributed by atoms with van der Waals surface area (Å²) in [4.78, 5) is 48.3. The Balaban J connectivity index is 1.48. The van der Waals surface area contributed by atoms with Crippen LogP contribution in [0.2, 0.25) is 0 Å². The number of fused-ring (bicyclic) bond motifs is 1. The summed E-state index contributed by atoms with van der Waals surface area (Å²) in [7, 11) is 0. The van der Waals surface area contributed by atoms with Gasteiger partial charge in [-0.15, -0.1) is 11.8 Å². The van der Waals surface area contributed by atoms with Crippen LogP contribution in [0.1, 0.15) is 22.9 Å². The fourth-order valence-corrected chi connectivity index (χ4v) is 5.33. The van der Waals surface area contributed by atoms with Crippen LogP contribution in [0.25, 0.3) is 11.0 Å². The zero-order valence-electron chi connectivity index (χ0n) is 17.8. The average molecular weight is 547 g/mol. The predicted octanol–water partition coefficient (Wildman–Crippen LogP) is 3.39. The number of carbonyl (C=O) groups excluding carboxylic acids is 2. The van der Waals surface area contributed by atoms with E-state index in [-0.39, 0.29) is 6.42 Å². The van der Waals surface area contributed by atoms with E-state index in [0.717, 1.165) is 37.8 Å². The molecule has 2 aromatic carbocycles. The average Bonchev–Trinajstić information content (AvgIpc) is 3.06. The van der Waals surface area contributed by atoms with Gasteiger partial charge in [0, 0.05) is 22.0 Å². The van der Waals surface area contributed by atoms with E-state index >= 15 is 0 Å². The van der Waals surface area contributed by atoms with Crippen molar-refractivity contribution in [1.82, 2.24) is 10.4 Å². The highest BCUT2D eigenvalue weighted by molar-refractivity contribution is 9.10. The summed E-state index contributed by atoms with van der Waals surface area (Å²) in [5.41, 5.74) is 3.87. The first-order chi connectivity index (χ1) is 16.2. The number of amides is 2. The highest BCUT2D eigenvalue weighted by Gasteiger charge is 2.43. The number of ether oxygens (including phenoxy) is 1. The molecule has 1 fully saturated rings. The number of benzene rings is 2. The fourth-order valence-electron chi connectivity index (χ4n) is 3.55. The van der Waals surface area contributed by atoms with E-state index in [9.17, 15) is 19.2 Å². The van der Waals surface area contributed by atoms with Crippen LogP contribution in [-0.4, -0.2) is 39.8 Å². The van der Waals surface area contributed by atoms with Crippen molar-refractivity contribution in [3.8, 4) is 5.75 Å². The number of hydrazine groups is 1. The minimum atomic E-state index is -1.10. The maximum Gasteiger partial charge on any atom is 0.336 e. The Hall–Kier alpha value is -3.31. The molecule has 0 spiro atoms. The number of aliphatic carboxylic acids is 1. The number of thioether (sulfide) groups is 1. The van der Waals surface area contributed by atoms with Crippen LogP contribution in [0.4, 0.5) is 0 Å². The Morgan fingerprint density at radius 3 is 2.74 bits per heavy atom. The van der Waals surface area contributed by atoms with E-state index in [0.29, 0.717) is 11.3 Å². The van der Waals surface area contributed by atoms with Gasteiger partial charge in [0.25, 0.3) is 11.8 Å². The Bertz CT molecular complexity index is 1340. The van der Waals surface area contributed by atoms with Gasteiger partial charge >= 0.3 is 11.6 Å². The van der Waals surface area contributed by atoms with Gasteiger partial charge in [0.1, 0.15) is 16.7 Å². The summed E-state index contributed by atoms with van der Waals surface area (Å²) in [6.07, 6.45) is -0.363. The van der Waals surface area contributed by atoms with Crippen molar-refractivity contribution in [1.29, 1.82) is 0 Å². The molecule has 1 saturated heterocycles. The Morgan fingerprint density at radius 1 is 1.21 bits per heavy atom. The second-order valence-corrected chi connectivity index (χ2v) is 9.77. The molecule has 2 heterocycles. The van der Waals surface area contributed by atoms with Crippen molar-refractivity contribution >= 4 is 56.4 Å². The van der Waals surface area contributed by atoms with Crippen molar-refractivity contribution in [2.75, 3.05) is 6.61 Å². The molecular formula is C23H19BrN2O7S. The fraction of sp³-hybridized carbons (Fsp3) is 0.217. The molecular weight excluding hydrogens is 528 g/mol. The van der Waals surface area contributed by atoms with Gasteiger partial charge in [-0.05, 0) is 42.3 Å². The third-order valence-corrected chi connectivity index (χ3v) is 7.00. The molecule has 2 unspecified atom stereocenters. The van der Waals surface area contributed by atoms with E-state index in [1.54, 1.807) is 37.3 Å². The number of hydrogen-bond donors (Lipinski definition) is 2. The first kappa shape index (κ1) is 23.8. The maximum absolute atomic E-state index is 12.9. The van der Waals surface area contributed by atoms with Gasteiger partial charge in [-0.25, -0.2) is 9.80 Å². The molecule has 2 atom stereocenters. The molecule has 176 valence electrons. The molecule has 1 aliphatic rings. The third-order valence-electron chi connectivity index (χ3n) is 5.07. The smallest absolute Gasteiger partial charge is 0.336 e. The lowest BCUT2D eigenvalue weighted by Gasteiger charge is -2.24. The zero-order valence-corrected chi connectivity index (χ0v) is 20.2. The van der Waals surface area contributed by atoms with Crippen LogP contribution in [-0.2, 0) is 14.4 Å². The monoisotopic (exact) mass is 546 g/mol. The lowest BCUT2D eigenvalue weighted by Crippen LogP contribution is -2.47. The molecule has 9 nitrogen and oxygen atoms in total. The summed E-state index contributed by atoms with van der Waals surface area (Å²) in [6.45, 7) is 1.38. The van der Waals surface area contributed by atoms with E-state index in [1.807, 2.05) is 6.07 Å². The molecule has 0 aliphatic carbocycles. The minimum Gasteiger partial charge on any atom is -0.484 e. The molecule has 2 N–H and O–H groups in total. The second-order valence-electron chi connectivity index (χ2n) is 7.57. The molecule has 11 heteroatoms. The molecule has 0 bridgehead atoms. The number of nitrogens with one attached hydrogen (secondary N) is 1. The number of carbonyl (C=O) groups is 3. The summed E-state index contributed by atoms with van der Waals surface area (Å²) < 4.78 is 11.5. The van der Waals surface area contributed by atoms with Crippen molar-refractivity contribution in [3.05, 3.63) is 74.6 Å². The lowest BCUT2D eigenvalue weighted by molar-refractivity contribution is -0.144. The van der Waals surface area contributed by atoms with Crippen LogP contribution in [0, 0.1) is 6.92 Å². The number of hydrogen-bond acceptors (Lipinski definition) is 7. The summed E-state index contributed by atoms with van der Waals surface area (Å²) in [6, 6.07) is 13.5. The standard InChI is InChI=1S/C23H19BrN2O7S/c1-12-7-21(30)33-17-9-15(5-6-16(12)17)32-11-19(27)25-26-22(31)18(10-20(28)29)34-23(26)13-3-2-4-14(24)8-13/h2-9,18,23H,10-11H2,1H3,(H,25,27)(H,28,29). The van der Waals surface area contributed by atoms with Gasteiger partial charge in [0.05, 0.1) is 11.7 Å². The van der Waals surface area contributed by atoms with Crippen LogP contribution < -0.4 is 15.8 Å². The summed E-state index contributed by atoms with van der Waals surface area (Å²) >= 11 is 4.54. The second kappa shape index (κ2) is 9.90. The van der Waals surface area contributed by atoms with Gasteiger partial charge in [-0.3, -0.25) is 19.8 Å². The quantitative estimate of drug-likeness (QED) is 0.432. The third kappa shape index (κ3) is 5.26. The predicted molar refractivity (Wildman–Crippen MR) is 128 cm³/mol. The zero-order chi connectivity index (χ0) is 24.4. The molecule has 0 saturated carbocycles. The highest BCUT2D eigenvalue weighted by atomic mass is 79.9. The Kier molecular flexibility index (Phi) is 6.94. The van der Waals surface area contributed by atoms with Crippen molar-refractivity contribution in [3.63, 3.8) is 0 Å². The van der Waals surface area contributed by atoms with E-state index in [2.05, 4.69) is 21.4 Å². The number of carboxylic acid groups (broad SMARTS) is 1. The number of halogens is 1. The SMILES string of the molecule is Cc1cc(=O)oc2cc(OCC(=O)NN3C(=O)C(CC(=O)O)SC3c3cccc(Br)c3)ccc12. The van der Waals surface area contributed by atoms with E-state index < -0.39 is 40.6 Å². The van der Waals surface area contributed by atoms with Crippen molar-refractivity contribution < 1.29 is 28.6 Å². The van der Waals surface area contributed by atoms with E-state index in [4.69, 9.17) is 14.3 Å². The minimum absolute atomic E-state index is 0.311. The molecule has 3 aromatic rings. The number of rotatable bonds is 7. The van der Waals surface area contributed by atoms with Crippen LogP contribution in [0.5, 0.6) is 5.75 Å². The van der Waals surface area contributed by atoms with E-state index in [1.165, 1.54) is 12.1 Å². The number of nitrogens with zero attached hydrogens (tertiary/aromatic N) is 1. The molecule has 1 aromatic heterocycles. The molecule has 1 aliphatic heterocycles. The number of carboxylic acids is 1. The summed E-state index contributed by atoms with van der Waals surface area (Å²) in [5.74, 6) is -1.90. The summed E-state index contributed by atoms with van der Waals surface area (Å²) in [5, 5.41) is 9.61. The van der Waals surface area contributed by atoms with Crippen LogP contribution in [0.15, 0.2) is 62.2 Å². The van der Waals surface area contributed by atoms with Crippen molar-refractivity contribution in [2.24, 2.45) is 0 Å². The molecule has 4 rings (SSSR count). The van der Waals surface area contributed by atoms with Gasteiger partial charge in [-0.1, -0.05) is 28.1 Å². The van der Waals surface area contributed by atoms with Gasteiger partial charge < -0.3 is 14.3 Å². The van der Waals surface area contributed by atoms with Gasteiger partial charge in [0.15, 0.2) is 6.61 Å². The molecule has 34 heavy (non-hydrogen) atoms. The Labute approximate surface area is 206 Å². The highest BCUT2D eigenvalue weighted by Crippen LogP contribution is 2.43. The lowest BCUT2D eigenvalue weighted by atomic mass is 10.1. The largest absolute Gasteiger partial charge is 0.484 e. The van der Waals surface area contributed by atoms with Crippen LogP contribution in [0.3, 0.4) is 0 Å². The van der Waals surface area contributed by atoms with Crippen molar-refractivity contribution in [2.45, 2.75) is 24.0 Å². The number of aryl methyl sites for hydroxylation is 1. The molecule has 0 radical (unpaired) electrons. The molecule has 2 amide bonds.